The van der Waals surface area contributed by atoms with E-state index in [9.17, 15) is 0 Å². The van der Waals surface area contributed by atoms with Crippen molar-refractivity contribution in [2.24, 2.45) is 10.4 Å². The Hall–Kier alpha value is -1.05. The first-order valence-electron chi connectivity index (χ1n) is 7.52. The van der Waals surface area contributed by atoms with Crippen LogP contribution in [0.2, 0.25) is 0 Å². The summed E-state index contributed by atoms with van der Waals surface area (Å²) in [6, 6.07) is 0.514. The largest absolute Gasteiger partial charge is 0.327 e. The van der Waals surface area contributed by atoms with Gasteiger partial charge in [0.1, 0.15) is 5.84 Å². The molecule has 2 heteroatoms. The second-order valence-corrected chi connectivity index (χ2v) is 6.73. The molecule has 0 aliphatic carbocycles. The predicted octanol–water partition coefficient (Wildman–Crippen LogP) is 5.13. The molecule has 1 aliphatic heterocycles. The summed E-state index contributed by atoms with van der Waals surface area (Å²) in [5.74, 6) is 1.17. The second-order valence-electron chi connectivity index (χ2n) is 6.73. The fraction of sp³-hybridized carbons (Fsp3) is 0.706. The van der Waals surface area contributed by atoms with Crippen LogP contribution >= 0.6 is 0 Å². The molecule has 1 unspecified atom stereocenters. The van der Waals surface area contributed by atoms with Crippen LogP contribution in [-0.4, -0.2) is 16.8 Å². The number of hydrogen-bond donors (Lipinski definition) is 0. The van der Waals surface area contributed by atoms with Gasteiger partial charge in [0.15, 0.2) is 0 Å². The van der Waals surface area contributed by atoms with Crippen molar-refractivity contribution < 1.29 is 0 Å². The Balaban J connectivity index is 3.02. The zero-order valence-electron chi connectivity index (χ0n) is 13.6. The Morgan fingerprint density at radius 3 is 2.42 bits per heavy atom. The van der Waals surface area contributed by atoms with Gasteiger partial charge in [0, 0.05) is 24.4 Å². The van der Waals surface area contributed by atoms with E-state index in [-0.39, 0.29) is 0 Å². The zero-order chi connectivity index (χ0) is 14.6. The average molecular weight is 262 g/mol. The van der Waals surface area contributed by atoms with E-state index in [1.54, 1.807) is 0 Å². The fourth-order valence-electron chi connectivity index (χ4n) is 2.71. The first-order valence-corrected chi connectivity index (χ1v) is 7.52. The van der Waals surface area contributed by atoms with E-state index in [1.165, 1.54) is 30.7 Å². The number of nitrogens with zero attached hydrogens (tertiary/aromatic N) is 2. The van der Waals surface area contributed by atoms with Gasteiger partial charge in [-0.05, 0) is 30.8 Å². The Morgan fingerprint density at radius 2 is 1.95 bits per heavy atom. The number of rotatable bonds is 5. The maximum atomic E-state index is 4.61. The smallest absolute Gasteiger partial charge is 0.108 e. The molecule has 0 radical (unpaired) electrons. The van der Waals surface area contributed by atoms with Crippen LogP contribution in [0.15, 0.2) is 29.0 Å². The third-order valence-electron chi connectivity index (χ3n) is 3.58. The highest BCUT2D eigenvalue weighted by Crippen LogP contribution is 2.31. The van der Waals surface area contributed by atoms with Crippen molar-refractivity contribution in [1.29, 1.82) is 0 Å². The van der Waals surface area contributed by atoms with Crippen LogP contribution in [0.3, 0.4) is 0 Å². The summed E-state index contributed by atoms with van der Waals surface area (Å²) in [6.45, 7) is 17.8. The normalized spacial score (nSPS) is 18.2. The minimum atomic E-state index is 0.327. The molecule has 2 nitrogen and oxygen atoms in total. The molecule has 0 saturated heterocycles. The van der Waals surface area contributed by atoms with Gasteiger partial charge in [-0.1, -0.05) is 47.6 Å². The second kappa shape index (κ2) is 6.40. The molecule has 0 amide bonds. The van der Waals surface area contributed by atoms with E-state index in [0.29, 0.717) is 11.5 Å². The van der Waals surface area contributed by atoms with Crippen molar-refractivity contribution >= 4 is 5.84 Å². The lowest BCUT2D eigenvalue weighted by Gasteiger charge is -2.40. The molecule has 108 valence electrons. The summed E-state index contributed by atoms with van der Waals surface area (Å²) in [4.78, 5) is 7.01. The maximum absolute atomic E-state index is 4.61. The van der Waals surface area contributed by atoms with Gasteiger partial charge in [-0.15, -0.1) is 0 Å². The molecule has 1 rings (SSSR count). The van der Waals surface area contributed by atoms with Crippen molar-refractivity contribution in [3.05, 3.63) is 24.0 Å². The number of hydrogen-bond acceptors (Lipinski definition) is 2. The van der Waals surface area contributed by atoms with Crippen molar-refractivity contribution in [2.45, 2.75) is 73.3 Å². The van der Waals surface area contributed by atoms with E-state index in [4.69, 9.17) is 0 Å². The summed E-state index contributed by atoms with van der Waals surface area (Å²) < 4.78 is 0. The number of amidine groups is 1. The Bertz CT molecular complexity index is 383. The van der Waals surface area contributed by atoms with E-state index < -0.39 is 0 Å². The predicted molar refractivity (Wildman–Crippen MR) is 85.2 cm³/mol. The highest BCUT2D eigenvalue weighted by molar-refractivity contribution is 5.86. The molecule has 0 spiro atoms. The third kappa shape index (κ3) is 4.22. The Morgan fingerprint density at radius 1 is 1.32 bits per heavy atom. The molecule has 0 saturated carbocycles. The minimum absolute atomic E-state index is 0.327. The zero-order valence-corrected chi connectivity index (χ0v) is 13.6. The van der Waals surface area contributed by atoms with Crippen molar-refractivity contribution in [2.75, 3.05) is 0 Å². The summed E-state index contributed by atoms with van der Waals surface area (Å²) in [5.41, 5.74) is 2.65. The molecule has 0 aromatic carbocycles. The molecule has 19 heavy (non-hydrogen) atoms. The van der Waals surface area contributed by atoms with Gasteiger partial charge in [0.2, 0.25) is 0 Å². The lowest BCUT2D eigenvalue weighted by Crippen LogP contribution is -2.42. The van der Waals surface area contributed by atoms with Gasteiger partial charge in [0.25, 0.3) is 0 Å². The monoisotopic (exact) mass is 262 g/mol. The van der Waals surface area contributed by atoms with E-state index >= 15 is 0 Å². The maximum Gasteiger partial charge on any atom is 0.108 e. The first-order chi connectivity index (χ1) is 8.80. The molecule has 1 heterocycles. The molecular weight excluding hydrogens is 232 g/mol. The first kappa shape index (κ1) is 16.0. The number of allylic oxidation sites excluding steroid dienone is 1. The molecule has 1 aliphatic rings. The molecule has 0 bridgehead atoms. The molecule has 0 aromatic heterocycles. The molecule has 0 fully saturated rings. The molecule has 0 N–H and O–H groups in total. The summed E-state index contributed by atoms with van der Waals surface area (Å²) in [5, 5.41) is 0. The van der Waals surface area contributed by atoms with Gasteiger partial charge in [-0.2, -0.15) is 0 Å². The van der Waals surface area contributed by atoms with Crippen LogP contribution in [0, 0.1) is 5.41 Å². The van der Waals surface area contributed by atoms with E-state index in [0.717, 1.165) is 12.1 Å². The van der Waals surface area contributed by atoms with Crippen LogP contribution in [0.1, 0.15) is 67.2 Å². The van der Waals surface area contributed by atoms with E-state index in [1.807, 2.05) is 6.20 Å². The molecule has 1 atom stereocenters. The summed E-state index contributed by atoms with van der Waals surface area (Å²) in [6.07, 6.45) is 6.49. The van der Waals surface area contributed by atoms with Crippen LogP contribution < -0.4 is 0 Å². The lowest BCUT2D eigenvalue weighted by molar-refractivity contribution is 0.238. The van der Waals surface area contributed by atoms with Crippen LogP contribution in [0.4, 0.5) is 0 Å². The minimum Gasteiger partial charge on any atom is -0.327 e. The van der Waals surface area contributed by atoms with Gasteiger partial charge in [-0.25, -0.2) is 4.99 Å². The lowest BCUT2D eigenvalue weighted by atomic mass is 9.85. The van der Waals surface area contributed by atoms with Gasteiger partial charge < -0.3 is 4.90 Å². The SMILES string of the molecule is C=C1C(C)=CN=C(CC)N1C(CCC)CC(C)(C)C. The van der Waals surface area contributed by atoms with Crippen LogP contribution in [-0.2, 0) is 0 Å². The van der Waals surface area contributed by atoms with Gasteiger partial charge >= 0.3 is 0 Å². The molecular formula is C17H30N2. The van der Waals surface area contributed by atoms with Crippen LogP contribution in [0.25, 0.3) is 0 Å². The van der Waals surface area contributed by atoms with Crippen molar-refractivity contribution in [3.8, 4) is 0 Å². The highest BCUT2D eigenvalue weighted by Gasteiger charge is 2.29. The number of aliphatic imine (C=N–C) groups is 1. The van der Waals surface area contributed by atoms with E-state index in [2.05, 4.69) is 58.0 Å². The molecule has 0 aromatic rings. The van der Waals surface area contributed by atoms with Gasteiger partial charge in [0.05, 0.1) is 0 Å². The van der Waals surface area contributed by atoms with Crippen LogP contribution in [0.5, 0.6) is 0 Å². The van der Waals surface area contributed by atoms with Crippen molar-refractivity contribution in [3.63, 3.8) is 0 Å². The highest BCUT2D eigenvalue weighted by atomic mass is 15.2. The third-order valence-corrected chi connectivity index (χ3v) is 3.58. The average Bonchev–Trinajstić information content (AvgIpc) is 2.30. The summed E-state index contributed by atoms with van der Waals surface area (Å²) >= 11 is 0. The van der Waals surface area contributed by atoms with Crippen molar-refractivity contribution in [1.82, 2.24) is 4.90 Å². The Labute approximate surface area is 119 Å². The quantitative estimate of drug-likeness (QED) is 0.670. The topological polar surface area (TPSA) is 15.6 Å². The standard InChI is InChI=1S/C17H30N2/c1-8-10-15(11-17(5,6)7)19-14(4)13(3)12-18-16(19)9-2/h12,15H,4,8-11H2,1-3,5-7H3. The Kier molecular flexibility index (Phi) is 5.39. The fourth-order valence-corrected chi connectivity index (χ4v) is 2.71. The van der Waals surface area contributed by atoms with Gasteiger partial charge in [-0.3, -0.25) is 0 Å². The summed E-state index contributed by atoms with van der Waals surface area (Å²) in [7, 11) is 0.